The molecule has 34 heavy (non-hydrogen) atoms. The largest absolute Gasteiger partial charge is 0.489 e. The summed E-state index contributed by atoms with van der Waals surface area (Å²) in [6, 6.07) is 5.67. The molecule has 0 aromatic heterocycles. The molecule has 0 saturated carbocycles. The lowest BCUT2D eigenvalue weighted by molar-refractivity contribution is 0.0680. The van der Waals surface area contributed by atoms with E-state index in [1.807, 2.05) is 26.0 Å². The summed E-state index contributed by atoms with van der Waals surface area (Å²) in [5, 5.41) is 25.1. The van der Waals surface area contributed by atoms with Crippen molar-refractivity contribution in [3.63, 3.8) is 0 Å². The summed E-state index contributed by atoms with van der Waals surface area (Å²) in [6.07, 6.45) is 5.41. The van der Waals surface area contributed by atoms with Crippen LogP contribution in [0.15, 0.2) is 36.4 Å². The topological polar surface area (TPSA) is 169 Å². The first-order valence-corrected chi connectivity index (χ1v) is 10.9. The van der Waals surface area contributed by atoms with Crippen molar-refractivity contribution in [3.8, 4) is 11.5 Å². The van der Waals surface area contributed by atoms with Crippen LogP contribution in [0.1, 0.15) is 47.4 Å². The summed E-state index contributed by atoms with van der Waals surface area (Å²) in [7, 11) is 0. The quantitative estimate of drug-likeness (QED) is 0.273. The third-order valence-electron chi connectivity index (χ3n) is 6.04. The van der Waals surface area contributed by atoms with Crippen LogP contribution in [0.4, 0.5) is 22.7 Å². The molecule has 0 unspecified atom stereocenters. The Labute approximate surface area is 196 Å². The third-order valence-corrected chi connectivity index (χ3v) is 6.04. The number of benzene rings is 2. The minimum Gasteiger partial charge on any atom is -0.489 e. The molecule has 0 radical (unpaired) electrons. The van der Waals surface area contributed by atoms with Crippen LogP contribution in [0.5, 0.6) is 11.5 Å². The number of hydrogen-bond acceptors (Lipinski definition) is 8. The van der Waals surface area contributed by atoms with Crippen LogP contribution in [0.2, 0.25) is 0 Å². The van der Waals surface area contributed by atoms with Crippen LogP contribution >= 0.6 is 0 Å². The Morgan fingerprint density at radius 3 is 2.15 bits per heavy atom. The van der Waals surface area contributed by atoms with Gasteiger partial charge in [0.15, 0.2) is 0 Å². The van der Waals surface area contributed by atoms with E-state index in [1.54, 1.807) is 0 Å². The fourth-order valence-electron chi connectivity index (χ4n) is 4.13. The molecule has 2 heterocycles. The first-order chi connectivity index (χ1) is 16.0. The van der Waals surface area contributed by atoms with Gasteiger partial charge in [-0.3, -0.25) is 0 Å². The Hall–Kier alpha value is -4.08. The number of nitrogens with one attached hydrogen (secondary N) is 2. The normalized spacial score (nSPS) is 20.2. The van der Waals surface area contributed by atoms with Crippen LogP contribution in [0, 0.1) is 0 Å². The van der Waals surface area contributed by atoms with Crippen molar-refractivity contribution < 1.29 is 29.3 Å². The molecule has 180 valence electrons. The van der Waals surface area contributed by atoms with Crippen molar-refractivity contribution >= 4 is 34.7 Å². The van der Waals surface area contributed by atoms with E-state index in [0.717, 1.165) is 0 Å². The third kappa shape index (κ3) is 4.52. The summed E-state index contributed by atoms with van der Waals surface area (Å²) >= 11 is 0. The number of fused-ring (bicyclic) bond motifs is 2. The Morgan fingerprint density at radius 2 is 1.53 bits per heavy atom. The number of ether oxygens (including phenoxy) is 2. The Kier molecular flexibility index (Phi) is 5.90. The van der Waals surface area contributed by atoms with Gasteiger partial charge in [-0.1, -0.05) is 12.2 Å². The average Bonchev–Trinajstić information content (AvgIpc) is 2.76. The number of carboxylic acids is 2. The smallest absolute Gasteiger partial charge is 0.335 e. The fraction of sp³-hybridized carbons (Fsp3) is 0.333. The second-order valence-corrected chi connectivity index (χ2v) is 8.99. The predicted octanol–water partition coefficient (Wildman–Crippen LogP) is 3.41. The zero-order valence-electron chi connectivity index (χ0n) is 18.9. The number of carboxylic acid groups (broad SMARTS) is 2. The fourth-order valence-corrected chi connectivity index (χ4v) is 4.13. The molecule has 0 spiro atoms. The van der Waals surface area contributed by atoms with Crippen LogP contribution < -0.4 is 31.6 Å². The van der Waals surface area contributed by atoms with E-state index in [4.69, 9.17) is 26.0 Å². The number of nitrogens with two attached hydrogens (primary N) is 2. The minimum atomic E-state index is -1.06. The molecule has 10 heteroatoms. The van der Waals surface area contributed by atoms with Crippen LogP contribution in [0.3, 0.4) is 0 Å². The van der Waals surface area contributed by atoms with E-state index >= 15 is 0 Å². The highest BCUT2D eigenvalue weighted by Crippen LogP contribution is 2.42. The second kappa shape index (κ2) is 8.69. The van der Waals surface area contributed by atoms with Crippen molar-refractivity contribution in [1.82, 2.24) is 0 Å². The maximum Gasteiger partial charge on any atom is 0.335 e. The Balaban J connectivity index is 1.39. The first-order valence-electron chi connectivity index (χ1n) is 10.9. The Bertz CT molecular complexity index is 1180. The molecule has 8 N–H and O–H groups in total. The lowest BCUT2D eigenvalue weighted by Crippen LogP contribution is -2.49. The van der Waals surface area contributed by atoms with Gasteiger partial charge in [0.1, 0.15) is 35.1 Å². The highest BCUT2D eigenvalue weighted by Gasteiger charge is 2.37. The molecule has 2 atom stereocenters. The van der Waals surface area contributed by atoms with E-state index in [-0.39, 0.29) is 23.2 Å². The van der Waals surface area contributed by atoms with Gasteiger partial charge in [-0.2, -0.15) is 0 Å². The average molecular weight is 469 g/mol. The maximum absolute atomic E-state index is 11.3. The van der Waals surface area contributed by atoms with E-state index in [2.05, 4.69) is 10.6 Å². The number of rotatable bonds is 6. The molecule has 2 aliphatic rings. The van der Waals surface area contributed by atoms with Crippen molar-refractivity contribution in [3.05, 3.63) is 47.5 Å². The zero-order valence-corrected chi connectivity index (χ0v) is 18.9. The van der Waals surface area contributed by atoms with E-state index in [1.165, 1.54) is 24.3 Å². The number of carbonyl (C=O) groups is 2. The molecule has 0 bridgehead atoms. The van der Waals surface area contributed by atoms with Crippen molar-refractivity contribution in [2.75, 3.05) is 28.7 Å². The van der Waals surface area contributed by atoms with Gasteiger partial charge in [-0.25, -0.2) is 9.59 Å². The standard InChI is InChI=1S/C24H28N4O6/c1-24(2)19(28-21-16(26)8-13(23(31)32)10-18(21)34-24)6-4-3-5-14-11-33-17-9-12(22(29)30)7-15(25)20(17)27-14/h3-4,7-10,14,19,27-28H,5-6,11,25-26H2,1-2H3,(H,29,30)(H,31,32)/b4-3-/t14-,19-/m0/s1. The van der Waals surface area contributed by atoms with Gasteiger partial charge in [0, 0.05) is 0 Å². The molecule has 10 nitrogen and oxygen atoms in total. The lowest BCUT2D eigenvalue weighted by atomic mass is 9.92. The minimum absolute atomic E-state index is 0.0175. The molecule has 2 aromatic carbocycles. The molecule has 0 saturated heterocycles. The summed E-state index contributed by atoms with van der Waals surface area (Å²) in [6.45, 7) is 4.26. The SMILES string of the molecule is CC1(C)Oc2cc(C(=O)O)cc(N)c2N[C@H]1C/C=C\C[C@H]1COc2cc(C(=O)O)cc(N)c2N1. The van der Waals surface area contributed by atoms with Crippen molar-refractivity contribution in [2.24, 2.45) is 0 Å². The summed E-state index contributed by atoms with van der Waals surface area (Å²) in [5.41, 5.74) is 13.5. The molecule has 0 fully saturated rings. The predicted molar refractivity (Wildman–Crippen MR) is 129 cm³/mol. The van der Waals surface area contributed by atoms with Crippen molar-refractivity contribution in [1.29, 1.82) is 0 Å². The molecule has 4 rings (SSSR count). The second-order valence-electron chi connectivity index (χ2n) is 8.99. The van der Waals surface area contributed by atoms with Crippen molar-refractivity contribution in [2.45, 2.75) is 44.4 Å². The van der Waals surface area contributed by atoms with E-state index < -0.39 is 17.5 Å². The van der Waals surface area contributed by atoms with Gasteiger partial charge >= 0.3 is 11.9 Å². The summed E-state index contributed by atoms with van der Waals surface area (Å²) in [5.74, 6) is -1.26. The molecule has 2 aromatic rings. The molecular weight excluding hydrogens is 440 g/mol. The number of anilines is 4. The molecule has 0 aliphatic carbocycles. The Morgan fingerprint density at radius 1 is 0.971 bits per heavy atom. The van der Waals surface area contributed by atoms with E-state index in [9.17, 15) is 14.7 Å². The summed E-state index contributed by atoms with van der Waals surface area (Å²) in [4.78, 5) is 22.5. The summed E-state index contributed by atoms with van der Waals surface area (Å²) < 4.78 is 11.8. The highest BCUT2D eigenvalue weighted by atomic mass is 16.5. The lowest BCUT2D eigenvalue weighted by Gasteiger charge is -2.41. The van der Waals surface area contributed by atoms with Gasteiger partial charge < -0.3 is 41.8 Å². The molecule has 0 amide bonds. The van der Waals surface area contributed by atoms with Gasteiger partial charge in [0.2, 0.25) is 0 Å². The monoisotopic (exact) mass is 468 g/mol. The van der Waals surface area contributed by atoms with E-state index in [0.29, 0.717) is 53.7 Å². The number of aromatic carboxylic acids is 2. The zero-order chi connectivity index (χ0) is 24.6. The molecule has 2 aliphatic heterocycles. The van der Waals surface area contributed by atoms with Crippen LogP contribution in [0.25, 0.3) is 0 Å². The van der Waals surface area contributed by atoms with Gasteiger partial charge in [-0.05, 0) is 51.0 Å². The van der Waals surface area contributed by atoms with Crippen LogP contribution in [-0.2, 0) is 0 Å². The van der Waals surface area contributed by atoms with Gasteiger partial charge in [0.25, 0.3) is 0 Å². The maximum atomic E-state index is 11.3. The number of hydrogen-bond donors (Lipinski definition) is 6. The molecular formula is C24H28N4O6. The number of nitrogen functional groups attached to an aromatic ring is 2. The van der Waals surface area contributed by atoms with Crippen LogP contribution in [-0.4, -0.2) is 46.4 Å². The highest BCUT2D eigenvalue weighted by molar-refractivity contribution is 5.93. The first kappa shape index (κ1) is 23.1. The van der Waals surface area contributed by atoms with Gasteiger partial charge in [-0.15, -0.1) is 0 Å². The van der Waals surface area contributed by atoms with Gasteiger partial charge in [0.05, 0.1) is 34.6 Å².